The summed E-state index contributed by atoms with van der Waals surface area (Å²) in [5.41, 5.74) is 2.44. The van der Waals surface area contributed by atoms with Gasteiger partial charge >= 0.3 is 0 Å². The molecule has 3 rings (SSSR count). The second kappa shape index (κ2) is 4.33. The fraction of sp³-hybridized carbons (Fsp3) is 0.938. The summed E-state index contributed by atoms with van der Waals surface area (Å²) in [4.78, 5) is 7.59. The SMILES string of the molecule is CC12CCC(CC1=NCCN1CCCC1)C2(C)C. The Labute approximate surface area is 112 Å². The van der Waals surface area contributed by atoms with Crippen LogP contribution < -0.4 is 0 Å². The zero-order valence-electron chi connectivity index (χ0n) is 12.3. The zero-order valence-corrected chi connectivity index (χ0v) is 12.3. The summed E-state index contributed by atoms with van der Waals surface area (Å²) in [5.74, 6) is 0.896. The summed E-state index contributed by atoms with van der Waals surface area (Å²) in [7, 11) is 0. The summed E-state index contributed by atoms with van der Waals surface area (Å²) in [6.45, 7) is 12.2. The summed E-state index contributed by atoms with van der Waals surface area (Å²) in [6, 6.07) is 0. The predicted octanol–water partition coefficient (Wildman–Crippen LogP) is 3.37. The van der Waals surface area contributed by atoms with Crippen LogP contribution in [0.1, 0.15) is 52.9 Å². The minimum absolute atomic E-state index is 0.405. The van der Waals surface area contributed by atoms with E-state index in [2.05, 4.69) is 25.7 Å². The van der Waals surface area contributed by atoms with Gasteiger partial charge in [0, 0.05) is 17.7 Å². The van der Waals surface area contributed by atoms with Gasteiger partial charge in [-0.25, -0.2) is 0 Å². The van der Waals surface area contributed by atoms with Crippen molar-refractivity contribution in [1.82, 2.24) is 4.90 Å². The maximum absolute atomic E-state index is 5.01. The van der Waals surface area contributed by atoms with Gasteiger partial charge in [-0.1, -0.05) is 20.8 Å². The summed E-state index contributed by atoms with van der Waals surface area (Å²) >= 11 is 0. The van der Waals surface area contributed by atoms with Crippen molar-refractivity contribution >= 4 is 5.71 Å². The first-order valence-electron chi connectivity index (χ1n) is 7.80. The molecule has 2 heteroatoms. The normalized spacial score (nSPS) is 41.1. The van der Waals surface area contributed by atoms with Crippen molar-refractivity contribution in [2.24, 2.45) is 21.7 Å². The van der Waals surface area contributed by atoms with Crippen molar-refractivity contribution in [3.8, 4) is 0 Å². The molecule has 2 aliphatic carbocycles. The Hall–Kier alpha value is -0.370. The van der Waals surface area contributed by atoms with Crippen LogP contribution in [0.4, 0.5) is 0 Å². The maximum Gasteiger partial charge on any atom is 0.0516 e. The Morgan fingerprint density at radius 3 is 2.50 bits per heavy atom. The van der Waals surface area contributed by atoms with Crippen molar-refractivity contribution in [1.29, 1.82) is 0 Å². The van der Waals surface area contributed by atoms with Gasteiger partial charge in [0.05, 0.1) is 6.54 Å². The van der Waals surface area contributed by atoms with E-state index in [0.717, 1.165) is 12.5 Å². The van der Waals surface area contributed by atoms with Gasteiger partial charge in [-0.15, -0.1) is 0 Å². The lowest BCUT2D eigenvalue weighted by Gasteiger charge is -2.34. The molecule has 0 amide bonds. The lowest BCUT2D eigenvalue weighted by molar-refractivity contribution is 0.193. The van der Waals surface area contributed by atoms with Gasteiger partial charge in [0.15, 0.2) is 0 Å². The lowest BCUT2D eigenvalue weighted by atomic mass is 9.70. The third-order valence-corrected chi connectivity index (χ3v) is 6.43. The van der Waals surface area contributed by atoms with E-state index in [1.807, 2.05) is 0 Å². The molecule has 2 unspecified atom stereocenters. The first kappa shape index (κ1) is 12.7. The number of hydrogen-bond acceptors (Lipinski definition) is 2. The van der Waals surface area contributed by atoms with Gasteiger partial charge in [0.1, 0.15) is 0 Å². The first-order chi connectivity index (χ1) is 8.54. The van der Waals surface area contributed by atoms with Crippen LogP contribution in [0.3, 0.4) is 0 Å². The van der Waals surface area contributed by atoms with Crippen molar-refractivity contribution in [2.45, 2.75) is 52.9 Å². The molecule has 2 atom stereocenters. The molecule has 102 valence electrons. The highest BCUT2D eigenvalue weighted by Gasteiger charge is 2.59. The van der Waals surface area contributed by atoms with Crippen molar-refractivity contribution < 1.29 is 0 Å². The van der Waals surface area contributed by atoms with Crippen LogP contribution in [-0.4, -0.2) is 36.8 Å². The molecule has 0 aromatic heterocycles. The maximum atomic E-state index is 5.01. The van der Waals surface area contributed by atoms with Gasteiger partial charge in [0.25, 0.3) is 0 Å². The average molecular weight is 248 g/mol. The molecule has 0 aromatic carbocycles. The van der Waals surface area contributed by atoms with Crippen LogP contribution in [0.15, 0.2) is 4.99 Å². The number of hydrogen-bond donors (Lipinski definition) is 0. The number of fused-ring (bicyclic) bond motifs is 2. The summed E-state index contributed by atoms with van der Waals surface area (Å²) < 4.78 is 0. The second-order valence-electron chi connectivity index (χ2n) is 7.37. The molecule has 1 aliphatic heterocycles. The number of rotatable bonds is 3. The Morgan fingerprint density at radius 1 is 1.22 bits per heavy atom. The molecule has 2 saturated carbocycles. The van der Waals surface area contributed by atoms with E-state index in [1.54, 1.807) is 5.71 Å². The summed E-state index contributed by atoms with van der Waals surface area (Å²) in [6.07, 6.45) is 6.86. The molecular weight excluding hydrogens is 220 g/mol. The second-order valence-corrected chi connectivity index (χ2v) is 7.37. The van der Waals surface area contributed by atoms with Crippen LogP contribution in [0, 0.1) is 16.7 Å². The minimum Gasteiger partial charge on any atom is -0.301 e. The minimum atomic E-state index is 0.405. The number of likely N-dealkylation sites (tertiary alicyclic amines) is 1. The van der Waals surface area contributed by atoms with E-state index in [9.17, 15) is 0 Å². The molecular formula is C16H28N2. The smallest absolute Gasteiger partial charge is 0.0516 e. The van der Waals surface area contributed by atoms with Gasteiger partial charge in [0.2, 0.25) is 0 Å². The van der Waals surface area contributed by atoms with Gasteiger partial charge in [-0.2, -0.15) is 0 Å². The molecule has 3 fully saturated rings. The zero-order chi connectivity index (χ0) is 12.8. The monoisotopic (exact) mass is 248 g/mol. The van der Waals surface area contributed by atoms with Gasteiger partial charge < -0.3 is 4.90 Å². The third-order valence-electron chi connectivity index (χ3n) is 6.43. The molecule has 0 N–H and O–H groups in total. The topological polar surface area (TPSA) is 15.6 Å². The molecule has 2 nitrogen and oxygen atoms in total. The molecule has 0 radical (unpaired) electrons. The molecule has 3 aliphatic rings. The predicted molar refractivity (Wildman–Crippen MR) is 77.2 cm³/mol. The van der Waals surface area contributed by atoms with Gasteiger partial charge in [-0.05, 0) is 56.5 Å². The van der Waals surface area contributed by atoms with E-state index in [4.69, 9.17) is 4.99 Å². The fourth-order valence-corrected chi connectivity index (χ4v) is 4.50. The molecule has 1 heterocycles. The van der Waals surface area contributed by atoms with E-state index in [1.165, 1.54) is 51.7 Å². The largest absolute Gasteiger partial charge is 0.301 e. The lowest BCUT2D eigenvalue weighted by Crippen LogP contribution is -2.33. The Kier molecular flexibility index (Phi) is 3.04. The van der Waals surface area contributed by atoms with E-state index >= 15 is 0 Å². The molecule has 18 heavy (non-hydrogen) atoms. The van der Waals surface area contributed by atoms with E-state index in [0.29, 0.717) is 10.8 Å². The first-order valence-corrected chi connectivity index (χ1v) is 7.80. The highest BCUT2D eigenvalue weighted by Crippen LogP contribution is 2.63. The van der Waals surface area contributed by atoms with Crippen molar-refractivity contribution in [3.63, 3.8) is 0 Å². The van der Waals surface area contributed by atoms with Crippen molar-refractivity contribution in [2.75, 3.05) is 26.2 Å². The van der Waals surface area contributed by atoms with E-state index in [-0.39, 0.29) is 0 Å². The van der Waals surface area contributed by atoms with Gasteiger partial charge in [-0.3, -0.25) is 4.99 Å². The van der Waals surface area contributed by atoms with Crippen LogP contribution in [0.25, 0.3) is 0 Å². The molecule has 0 aromatic rings. The van der Waals surface area contributed by atoms with E-state index < -0.39 is 0 Å². The highest BCUT2D eigenvalue weighted by molar-refractivity contribution is 5.94. The fourth-order valence-electron chi connectivity index (χ4n) is 4.50. The third kappa shape index (κ3) is 1.76. The van der Waals surface area contributed by atoms with Crippen LogP contribution in [0.2, 0.25) is 0 Å². The standard InChI is InChI=1S/C16H28N2/c1-15(2)13-6-7-16(15,3)14(12-13)17-8-11-18-9-4-5-10-18/h13H,4-12H2,1-3H3. The van der Waals surface area contributed by atoms with Crippen molar-refractivity contribution in [3.05, 3.63) is 0 Å². The van der Waals surface area contributed by atoms with Crippen LogP contribution in [0.5, 0.6) is 0 Å². The Bertz CT molecular complexity index is 352. The van der Waals surface area contributed by atoms with Crippen LogP contribution in [-0.2, 0) is 0 Å². The molecule has 0 spiro atoms. The summed E-state index contributed by atoms with van der Waals surface area (Å²) in [5, 5.41) is 0. The quantitative estimate of drug-likeness (QED) is 0.747. The number of aliphatic imine (C=N–C) groups is 1. The molecule has 1 saturated heterocycles. The number of nitrogens with zero attached hydrogens (tertiary/aromatic N) is 2. The Balaban J connectivity index is 1.63. The van der Waals surface area contributed by atoms with Crippen LogP contribution >= 0.6 is 0 Å². The highest BCUT2D eigenvalue weighted by atomic mass is 15.1. The average Bonchev–Trinajstić information content (AvgIpc) is 2.95. The molecule has 2 bridgehead atoms. The Morgan fingerprint density at radius 2 is 1.94 bits per heavy atom.